The fourth-order valence-corrected chi connectivity index (χ4v) is 5.88. The molecule has 3 aliphatic rings. The fraction of sp³-hybridized carbons (Fsp3) is 0.556. The quantitative estimate of drug-likeness (QED) is 0.561. The summed E-state index contributed by atoms with van der Waals surface area (Å²) in [7, 11) is 0. The minimum absolute atomic E-state index is 0.00816. The van der Waals surface area contributed by atoms with E-state index >= 15 is 0 Å². The molecule has 1 saturated carbocycles. The zero-order valence-electron chi connectivity index (χ0n) is 20.9. The number of nitrogens with zero attached hydrogens (tertiary/aromatic N) is 1. The Balaban J connectivity index is 1.35. The molecule has 2 aliphatic heterocycles. The van der Waals surface area contributed by atoms with Gasteiger partial charge in [-0.15, -0.1) is 0 Å². The van der Waals surface area contributed by atoms with Gasteiger partial charge in [0.25, 0.3) is 5.91 Å². The van der Waals surface area contributed by atoms with Gasteiger partial charge in [0.05, 0.1) is 11.1 Å². The van der Waals surface area contributed by atoms with Crippen molar-refractivity contribution in [2.75, 3.05) is 23.8 Å². The van der Waals surface area contributed by atoms with Crippen LogP contribution in [0.4, 0.5) is 11.4 Å². The maximum absolute atomic E-state index is 13.5. The number of carbonyl (C=O) groups excluding carboxylic acids is 3. The summed E-state index contributed by atoms with van der Waals surface area (Å²) in [4.78, 5) is 39.5. The molecule has 1 aromatic heterocycles. The smallest absolute Gasteiger partial charge is 0.257 e. The highest BCUT2D eigenvalue weighted by molar-refractivity contribution is 6.07. The van der Waals surface area contributed by atoms with E-state index < -0.39 is 11.5 Å². The number of hydrogen-bond acceptors (Lipinski definition) is 6. The van der Waals surface area contributed by atoms with Gasteiger partial charge in [-0.3, -0.25) is 14.4 Å². The first-order valence-corrected chi connectivity index (χ1v) is 13.0. The van der Waals surface area contributed by atoms with E-state index in [1.807, 2.05) is 25.1 Å². The van der Waals surface area contributed by atoms with Crippen molar-refractivity contribution in [3.05, 3.63) is 41.3 Å². The van der Waals surface area contributed by atoms with Crippen LogP contribution in [0.5, 0.6) is 0 Å². The summed E-state index contributed by atoms with van der Waals surface area (Å²) in [6.07, 6.45) is 6.97. The Hall–Kier alpha value is -3.20. The van der Waals surface area contributed by atoms with Crippen molar-refractivity contribution in [2.45, 2.75) is 70.3 Å². The summed E-state index contributed by atoms with van der Waals surface area (Å²) in [6.45, 7) is 5.23. The van der Waals surface area contributed by atoms with Gasteiger partial charge in [0, 0.05) is 24.6 Å². The second kappa shape index (κ2) is 10.0. The summed E-state index contributed by atoms with van der Waals surface area (Å²) in [5, 5.41) is 12.9. The van der Waals surface area contributed by atoms with Crippen molar-refractivity contribution in [2.24, 2.45) is 11.8 Å². The number of ether oxygens (including phenoxy) is 1. The second-order valence-electron chi connectivity index (χ2n) is 10.4. The first-order valence-electron chi connectivity index (χ1n) is 13.0. The summed E-state index contributed by atoms with van der Waals surface area (Å²) in [6, 6.07) is 4.89. The van der Waals surface area contributed by atoms with E-state index in [0.29, 0.717) is 55.3 Å². The molecule has 0 bridgehead atoms. The van der Waals surface area contributed by atoms with Crippen LogP contribution in [0, 0.1) is 11.8 Å². The molecule has 3 heterocycles. The monoisotopic (exact) mass is 494 g/mol. The first kappa shape index (κ1) is 24.5. The van der Waals surface area contributed by atoms with Crippen LogP contribution in [0.15, 0.2) is 29.0 Å². The number of nitrogens with one attached hydrogen (secondary N) is 3. The predicted molar refractivity (Wildman–Crippen MR) is 134 cm³/mol. The van der Waals surface area contributed by atoms with Gasteiger partial charge in [0.2, 0.25) is 11.8 Å². The molecule has 192 valence electrons. The number of fused-ring (bicyclic) bond motifs is 2. The average Bonchev–Trinajstić information content (AvgIpc) is 3.46. The van der Waals surface area contributed by atoms with Gasteiger partial charge in [-0.2, -0.15) is 0 Å². The van der Waals surface area contributed by atoms with E-state index in [1.54, 1.807) is 0 Å². The zero-order chi connectivity index (χ0) is 25.3. The summed E-state index contributed by atoms with van der Waals surface area (Å²) in [5.41, 5.74) is 2.65. The van der Waals surface area contributed by atoms with Crippen LogP contribution in [0.3, 0.4) is 0 Å². The second-order valence-corrected chi connectivity index (χ2v) is 10.4. The lowest BCUT2D eigenvalue weighted by atomic mass is 9.75. The molecule has 0 radical (unpaired) electrons. The lowest BCUT2D eigenvalue weighted by Gasteiger charge is -2.32. The van der Waals surface area contributed by atoms with Gasteiger partial charge < -0.3 is 25.2 Å². The molecule has 36 heavy (non-hydrogen) atoms. The molecule has 1 spiro atoms. The number of rotatable bonds is 6. The molecule has 3 N–H and O–H groups in total. The average molecular weight is 495 g/mol. The molecule has 2 fully saturated rings. The molecule has 3 amide bonds. The third kappa shape index (κ3) is 4.52. The van der Waals surface area contributed by atoms with Gasteiger partial charge in [-0.25, -0.2) is 0 Å². The van der Waals surface area contributed by atoms with E-state index in [9.17, 15) is 14.4 Å². The van der Waals surface area contributed by atoms with Crippen molar-refractivity contribution in [3.8, 4) is 0 Å². The summed E-state index contributed by atoms with van der Waals surface area (Å²) < 4.78 is 10.5. The normalized spacial score (nSPS) is 23.6. The Bertz CT molecular complexity index is 1140. The van der Waals surface area contributed by atoms with Crippen molar-refractivity contribution in [1.29, 1.82) is 0 Å². The zero-order valence-corrected chi connectivity index (χ0v) is 20.9. The molecule has 1 atom stereocenters. The third-order valence-electron chi connectivity index (χ3n) is 8.16. The lowest BCUT2D eigenvalue weighted by Crippen LogP contribution is -2.49. The molecule has 1 unspecified atom stereocenters. The van der Waals surface area contributed by atoms with E-state index in [-0.39, 0.29) is 23.6 Å². The topological polar surface area (TPSA) is 123 Å². The van der Waals surface area contributed by atoms with Crippen LogP contribution in [-0.2, 0) is 26.2 Å². The molecule has 9 heteroatoms. The van der Waals surface area contributed by atoms with E-state index in [0.717, 1.165) is 36.9 Å². The van der Waals surface area contributed by atoms with Crippen LogP contribution in [0.25, 0.3) is 0 Å². The summed E-state index contributed by atoms with van der Waals surface area (Å²) in [5.74, 6) is 0.0289. The van der Waals surface area contributed by atoms with E-state index in [4.69, 9.17) is 9.26 Å². The van der Waals surface area contributed by atoms with Gasteiger partial charge in [0.15, 0.2) is 0 Å². The highest BCUT2D eigenvalue weighted by Gasteiger charge is 2.47. The van der Waals surface area contributed by atoms with Crippen LogP contribution < -0.4 is 16.0 Å². The van der Waals surface area contributed by atoms with Crippen molar-refractivity contribution < 1.29 is 23.6 Å². The third-order valence-corrected chi connectivity index (χ3v) is 8.16. The van der Waals surface area contributed by atoms with Crippen molar-refractivity contribution >= 4 is 29.1 Å². The first-order chi connectivity index (χ1) is 17.4. The van der Waals surface area contributed by atoms with Crippen molar-refractivity contribution in [3.63, 3.8) is 0 Å². The highest BCUT2D eigenvalue weighted by Crippen LogP contribution is 2.45. The molecule has 5 rings (SSSR count). The number of benzene rings is 1. The van der Waals surface area contributed by atoms with Gasteiger partial charge in [0.1, 0.15) is 17.9 Å². The van der Waals surface area contributed by atoms with Gasteiger partial charge >= 0.3 is 0 Å². The molecule has 1 aromatic carbocycles. The van der Waals surface area contributed by atoms with Crippen LogP contribution >= 0.6 is 0 Å². The molecule has 1 saturated heterocycles. The number of hydrogen-bond donors (Lipinski definition) is 3. The number of amides is 3. The maximum Gasteiger partial charge on any atom is 0.257 e. The number of anilines is 2. The lowest BCUT2D eigenvalue weighted by molar-refractivity contribution is -0.124. The van der Waals surface area contributed by atoms with E-state index in [2.05, 4.69) is 28.0 Å². The van der Waals surface area contributed by atoms with Gasteiger partial charge in [-0.1, -0.05) is 37.9 Å². The maximum atomic E-state index is 13.5. The largest absolute Gasteiger partial charge is 0.381 e. The Morgan fingerprint density at radius 2 is 1.94 bits per heavy atom. The number of carbonyl (C=O) groups is 3. The molecular weight excluding hydrogens is 460 g/mol. The Morgan fingerprint density at radius 3 is 2.67 bits per heavy atom. The minimum atomic E-state index is -0.686. The standard InChI is InChI=1S/C27H34N4O5/c1-3-21-19(15-36-31-21)24(32)30-23(17-6-4-16(2)5-7-17)25(33)28-18-8-9-20-22(14-18)29-26(34)27(20)10-12-35-13-11-27/h8-9,14-17,23H,3-7,10-13H2,1-2H3,(H,28,33)(H,29,34)(H,30,32). The number of aromatic nitrogens is 1. The highest BCUT2D eigenvalue weighted by atomic mass is 16.5. The Kier molecular flexibility index (Phi) is 6.83. The van der Waals surface area contributed by atoms with Crippen molar-refractivity contribution in [1.82, 2.24) is 10.5 Å². The molecular formula is C27H34N4O5. The number of aryl methyl sites for hydroxylation is 1. The fourth-order valence-electron chi connectivity index (χ4n) is 5.88. The Labute approximate surface area is 210 Å². The van der Waals surface area contributed by atoms with Crippen LogP contribution in [0.2, 0.25) is 0 Å². The SMILES string of the molecule is CCc1nocc1C(=O)NC(C(=O)Nc1ccc2c(c1)NC(=O)C21CCOCC1)C1CCC(C)CC1. The molecule has 9 nitrogen and oxygen atoms in total. The molecule has 1 aliphatic carbocycles. The summed E-state index contributed by atoms with van der Waals surface area (Å²) >= 11 is 0. The van der Waals surface area contributed by atoms with Crippen LogP contribution in [0.1, 0.15) is 74.0 Å². The van der Waals surface area contributed by atoms with Crippen LogP contribution in [-0.4, -0.2) is 42.1 Å². The van der Waals surface area contributed by atoms with E-state index in [1.165, 1.54) is 6.26 Å². The Morgan fingerprint density at radius 1 is 1.19 bits per heavy atom. The minimum Gasteiger partial charge on any atom is -0.381 e. The molecule has 2 aromatic rings. The predicted octanol–water partition coefficient (Wildman–Crippen LogP) is 3.80. The van der Waals surface area contributed by atoms with Gasteiger partial charge in [-0.05, 0) is 61.6 Å².